The van der Waals surface area contributed by atoms with E-state index in [-0.39, 0.29) is 12.3 Å². The van der Waals surface area contributed by atoms with Gasteiger partial charge in [-0.15, -0.1) is 0 Å². The van der Waals surface area contributed by atoms with E-state index in [2.05, 4.69) is 11.9 Å². The third-order valence-electron chi connectivity index (χ3n) is 6.49. The van der Waals surface area contributed by atoms with Gasteiger partial charge in [-0.1, -0.05) is 78.9 Å². The zero-order valence-corrected chi connectivity index (χ0v) is 21.9. The van der Waals surface area contributed by atoms with Crippen molar-refractivity contribution in [3.8, 4) is 0 Å². The van der Waals surface area contributed by atoms with E-state index in [0.717, 1.165) is 33.8 Å². The molecule has 6 nitrogen and oxygen atoms in total. The molecule has 3 aromatic rings. The van der Waals surface area contributed by atoms with Crippen LogP contribution in [0.5, 0.6) is 0 Å². The van der Waals surface area contributed by atoms with Crippen LogP contribution in [0.1, 0.15) is 54.8 Å². The molecule has 0 fully saturated rings. The molecule has 0 aliphatic heterocycles. The number of nitrogens with one attached hydrogen (secondary N) is 1. The fourth-order valence-corrected chi connectivity index (χ4v) is 4.67. The predicted octanol–water partition coefficient (Wildman–Crippen LogP) is 4.62. The number of aliphatic hydroxyl groups is 1. The highest BCUT2D eigenvalue weighted by Crippen LogP contribution is 2.31. The van der Waals surface area contributed by atoms with Crippen molar-refractivity contribution in [2.24, 2.45) is 0 Å². The van der Waals surface area contributed by atoms with Gasteiger partial charge in [0.1, 0.15) is 6.23 Å². The number of fused-ring (bicyclic) bond motifs is 1. The molecule has 0 spiro atoms. The van der Waals surface area contributed by atoms with Crippen molar-refractivity contribution in [2.45, 2.75) is 44.2 Å². The summed E-state index contributed by atoms with van der Waals surface area (Å²) in [6.07, 6.45) is 13.5. The number of hydrogen-bond acceptors (Lipinski definition) is 5. The number of aliphatic carboxylic acids is 1. The molecule has 2 aromatic carbocycles. The first-order valence-electron chi connectivity index (χ1n) is 12.8. The van der Waals surface area contributed by atoms with Crippen molar-refractivity contribution in [1.82, 2.24) is 15.3 Å². The molecule has 0 bridgehead atoms. The lowest BCUT2D eigenvalue weighted by molar-refractivity contribution is -0.137. The Kier molecular flexibility index (Phi) is 9.60. The Bertz CT molecular complexity index is 1500. The summed E-state index contributed by atoms with van der Waals surface area (Å²) < 4.78 is 0. The van der Waals surface area contributed by atoms with E-state index in [1.54, 1.807) is 6.08 Å². The molecule has 1 aliphatic carbocycles. The molecule has 0 saturated heterocycles. The first kappa shape index (κ1) is 27.5. The molecule has 1 aromatic heterocycles. The van der Waals surface area contributed by atoms with E-state index in [1.807, 2.05) is 72.8 Å². The summed E-state index contributed by atoms with van der Waals surface area (Å²) in [4.78, 5) is 20.8. The second-order valence-electron chi connectivity index (χ2n) is 9.24. The van der Waals surface area contributed by atoms with Crippen LogP contribution in [0.15, 0.2) is 78.4 Å². The molecule has 38 heavy (non-hydrogen) atoms. The monoisotopic (exact) mass is 529 g/mol. The predicted molar refractivity (Wildman–Crippen MR) is 153 cm³/mol. The quantitative estimate of drug-likeness (QED) is 0.248. The molecule has 196 valence electrons. The number of aliphatic hydroxyl groups excluding tert-OH is 1. The average Bonchev–Trinajstić information content (AvgIpc) is 2.92. The number of benzene rings is 2. The van der Waals surface area contributed by atoms with Gasteiger partial charge in [-0.2, -0.15) is 0 Å². The molecule has 0 radical (unpaired) electrons. The fourth-order valence-electron chi connectivity index (χ4n) is 4.51. The highest BCUT2D eigenvalue weighted by Gasteiger charge is 2.19. The summed E-state index contributed by atoms with van der Waals surface area (Å²) in [5, 5.41) is 25.8. The van der Waals surface area contributed by atoms with E-state index < -0.39 is 12.2 Å². The van der Waals surface area contributed by atoms with Crippen LogP contribution < -0.4 is 15.8 Å². The second-order valence-corrected chi connectivity index (χ2v) is 9.68. The van der Waals surface area contributed by atoms with Gasteiger partial charge in [0, 0.05) is 23.9 Å². The summed E-state index contributed by atoms with van der Waals surface area (Å²) in [5.41, 5.74) is 3.89. The van der Waals surface area contributed by atoms with Crippen molar-refractivity contribution in [2.75, 3.05) is 6.54 Å². The Morgan fingerprint density at radius 3 is 2.71 bits per heavy atom. The standard InChI is InChI=1S/C31H32ClN3O3/c1-2-7-21-8-3-4-9-22(21)18-19-33-31(38)24-14-17-26-28(20-24)34-27(10-5-6-11-29(36)37)30(35-26)23-12-15-25(32)16-13-23/h2-4,7-9,12,14-18,20,23,31,33,38H,1,5-6,10-11,13,19H2,(H,36,37)/b21-7-,22-18+. The van der Waals surface area contributed by atoms with Crippen LogP contribution in [-0.2, 0) is 11.2 Å². The van der Waals surface area contributed by atoms with Crippen LogP contribution in [-0.4, -0.2) is 32.7 Å². The van der Waals surface area contributed by atoms with Gasteiger partial charge in [0.25, 0.3) is 0 Å². The number of halogens is 1. The Morgan fingerprint density at radius 1 is 1.16 bits per heavy atom. The molecule has 3 N–H and O–H groups in total. The van der Waals surface area contributed by atoms with Gasteiger partial charge in [0.15, 0.2) is 0 Å². The van der Waals surface area contributed by atoms with Gasteiger partial charge in [-0.25, -0.2) is 9.97 Å². The second kappa shape index (κ2) is 13.3. The molecule has 4 rings (SSSR count). The number of carboxylic acid groups (broad SMARTS) is 1. The number of carbonyl (C=O) groups is 1. The molecular formula is C31H32ClN3O3. The molecule has 0 saturated carbocycles. The molecular weight excluding hydrogens is 498 g/mol. The van der Waals surface area contributed by atoms with E-state index >= 15 is 0 Å². The zero-order chi connectivity index (χ0) is 26.9. The summed E-state index contributed by atoms with van der Waals surface area (Å²) in [6, 6.07) is 13.6. The lowest BCUT2D eigenvalue weighted by Crippen LogP contribution is -2.27. The third kappa shape index (κ3) is 7.25. The third-order valence-corrected chi connectivity index (χ3v) is 6.77. The molecule has 0 amide bonds. The smallest absolute Gasteiger partial charge is 0.303 e. The van der Waals surface area contributed by atoms with Gasteiger partial charge >= 0.3 is 5.97 Å². The van der Waals surface area contributed by atoms with Crippen molar-refractivity contribution < 1.29 is 15.0 Å². The van der Waals surface area contributed by atoms with Crippen LogP contribution in [0, 0.1) is 0 Å². The normalized spacial score (nSPS) is 17.0. The fraction of sp³-hybridized carbons (Fsp3) is 0.258. The molecule has 1 aliphatic rings. The maximum Gasteiger partial charge on any atom is 0.303 e. The molecule has 1 heterocycles. The number of aryl methyl sites for hydroxylation is 1. The lowest BCUT2D eigenvalue weighted by atomic mass is 9.93. The van der Waals surface area contributed by atoms with Gasteiger partial charge in [0.2, 0.25) is 0 Å². The van der Waals surface area contributed by atoms with Crippen molar-refractivity contribution in [1.29, 1.82) is 0 Å². The number of rotatable bonds is 11. The molecule has 2 unspecified atom stereocenters. The average molecular weight is 530 g/mol. The topological polar surface area (TPSA) is 95.3 Å². The molecule has 7 heteroatoms. The van der Waals surface area contributed by atoms with Crippen LogP contribution in [0.4, 0.5) is 0 Å². The minimum atomic E-state index is -0.875. The van der Waals surface area contributed by atoms with Crippen molar-refractivity contribution >= 4 is 40.8 Å². The van der Waals surface area contributed by atoms with Crippen LogP contribution >= 0.6 is 11.6 Å². The number of hydrogen-bond donors (Lipinski definition) is 3. The SMILES string of the molecule is C=C/C=c1/cccc/c1=C\CNC(O)c1ccc2nc(C3C=CC(Cl)=CC3)c(CCCCC(=O)O)nc2c1. The Balaban J connectivity index is 1.56. The minimum absolute atomic E-state index is 0.0626. The first-order valence-corrected chi connectivity index (χ1v) is 13.2. The first-order chi connectivity index (χ1) is 18.4. The number of unbranched alkanes of at least 4 members (excludes halogenated alkanes) is 1. The maximum absolute atomic E-state index is 10.9. The van der Waals surface area contributed by atoms with E-state index in [4.69, 9.17) is 26.7 Å². The largest absolute Gasteiger partial charge is 0.481 e. The van der Waals surface area contributed by atoms with Crippen LogP contribution in [0.25, 0.3) is 23.2 Å². The highest BCUT2D eigenvalue weighted by molar-refractivity contribution is 6.31. The van der Waals surface area contributed by atoms with Gasteiger partial charge in [-0.05, 0) is 59.9 Å². The lowest BCUT2D eigenvalue weighted by Gasteiger charge is -2.18. The van der Waals surface area contributed by atoms with Crippen LogP contribution in [0.3, 0.4) is 0 Å². The highest BCUT2D eigenvalue weighted by atomic mass is 35.5. The number of nitrogens with zero attached hydrogens (tertiary/aromatic N) is 2. The number of carboxylic acids is 1. The summed E-state index contributed by atoms with van der Waals surface area (Å²) in [5.74, 6) is -0.733. The van der Waals surface area contributed by atoms with Gasteiger partial charge in [0.05, 0.1) is 22.4 Å². The Morgan fingerprint density at radius 2 is 1.97 bits per heavy atom. The van der Waals surface area contributed by atoms with Crippen molar-refractivity contribution in [3.05, 3.63) is 106 Å². The Labute approximate surface area is 227 Å². The number of aromatic nitrogens is 2. The van der Waals surface area contributed by atoms with Gasteiger partial charge in [-0.3, -0.25) is 10.1 Å². The molecule has 2 atom stereocenters. The number of allylic oxidation sites excluding steroid dienone is 5. The summed E-state index contributed by atoms with van der Waals surface area (Å²) in [7, 11) is 0. The van der Waals surface area contributed by atoms with Crippen LogP contribution in [0.2, 0.25) is 0 Å². The Hall–Kier alpha value is -3.58. The van der Waals surface area contributed by atoms with E-state index in [1.165, 1.54) is 0 Å². The summed E-state index contributed by atoms with van der Waals surface area (Å²) in [6.45, 7) is 4.24. The van der Waals surface area contributed by atoms with E-state index in [9.17, 15) is 9.90 Å². The van der Waals surface area contributed by atoms with Crippen molar-refractivity contribution in [3.63, 3.8) is 0 Å². The minimum Gasteiger partial charge on any atom is -0.481 e. The zero-order valence-electron chi connectivity index (χ0n) is 21.2. The van der Waals surface area contributed by atoms with Gasteiger partial charge < -0.3 is 10.2 Å². The van der Waals surface area contributed by atoms with E-state index in [0.29, 0.717) is 41.9 Å². The maximum atomic E-state index is 10.9. The summed E-state index contributed by atoms with van der Waals surface area (Å²) >= 11 is 6.12.